The molecule has 0 radical (unpaired) electrons. The molecule has 1 saturated heterocycles. The number of ether oxygens (including phenoxy) is 1. The third kappa shape index (κ3) is 3.87. The Labute approximate surface area is 109 Å². The Morgan fingerprint density at radius 3 is 3.18 bits per heavy atom. The van der Waals surface area contributed by atoms with Crippen LogP contribution in [0.3, 0.4) is 0 Å². The first-order chi connectivity index (χ1) is 8.29. The minimum Gasteiger partial charge on any atom is -0.383 e. The molecule has 7 heteroatoms. The van der Waals surface area contributed by atoms with Gasteiger partial charge in [0.1, 0.15) is 0 Å². The maximum Gasteiger partial charge on any atom is 0.228 e. The normalized spacial score (nSPS) is 22.6. The highest BCUT2D eigenvalue weighted by molar-refractivity contribution is 8.06. The molecule has 1 aromatic heterocycles. The predicted octanol–water partition coefficient (Wildman–Crippen LogP) is 1.11. The molecule has 1 fully saturated rings. The van der Waals surface area contributed by atoms with E-state index in [-0.39, 0.29) is 6.04 Å². The monoisotopic (exact) mass is 275 g/mol. The van der Waals surface area contributed by atoms with Crippen molar-refractivity contribution in [2.24, 2.45) is 5.73 Å². The maximum absolute atomic E-state index is 5.84. The van der Waals surface area contributed by atoms with Crippen LogP contribution < -0.4 is 5.73 Å². The Morgan fingerprint density at radius 2 is 2.47 bits per heavy atom. The van der Waals surface area contributed by atoms with Gasteiger partial charge in [-0.05, 0) is 0 Å². The van der Waals surface area contributed by atoms with Crippen LogP contribution in [0.2, 0.25) is 0 Å². The summed E-state index contributed by atoms with van der Waals surface area (Å²) in [6, 6.07) is -0.0818. The van der Waals surface area contributed by atoms with Crippen LogP contribution in [0, 0.1) is 0 Å². The lowest BCUT2D eigenvalue weighted by molar-refractivity contribution is 0.176. The van der Waals surface area contributed by atoms with E-state index in [9.17, 15) is 0 Å². The zero-order valence-corrected chi connectivity index (χ0v) is 11.4. The summed E-state index contributed by atoms with van der Waals surface area (Å²) in [7, 11) is 1.63. The molecule has 0 saturated carbocycles. The highest BCUT2D eigenvalue weighted by Crippen LogP contribution is 2.35. The summed E-state index contributed by atoms with van der Waals surface area (Å²) in [4.78, 5) is 4.41. The van der Waals surface area contributed by atoms with Crippen LogP contribution in [0.25, 0.3) is 0 Å². The first-order valence-corrected chi connectivity index (χ1v) is 7.76. The third-order valence-electron chi connectivity index (χ3n) is 2.41. The van der Waals surface area contributed by atoms with Crippen LogP contribution in [0.1, 0.15) is 17.0 Å². The molecule has 2 heterocycles. The Morgan fingerprint density at radius 1 is 1.59 bits per heavy atom. The van der Waals surface area contributed by atoms with Gasteiger partial charge >= 0.3 is 0 Å². The molecule has 0 amide bonds. The van der Waals surface area contributed by atoms with Gasteiger partial charge in [0.05, 0.1) is 11.9 Å². The number of aromatic nitrogens is 2. The summed E-state index contributed by atoms with van der Waals surface area (Å²) >= 11 is 3.84. The van der Waals surface area contributed by atoms with Crippen molar-refractivity contribution >= 4 is 23.5 Å². The lowest BCUT2D eigenvalue weighted by Gasteiger charge is -2.17. The van der Waals surface area contributed by atoms with Gasteiger partial charge in [0.15, 0.2) is 5.82 Å². The van der Waals surface area contributed by atoms with Gasteiger partial charge in [0.2, 0.25) is 5.89 Å². The van der Waals surface area contributed by atoms with Crippen LogP contribution in [0.5, 0.6) is 0 Å². The number of rotatable bonds is 5. The molecular formula is C10H17N3O2S2. The molecule has 5 nitrogen and oxygen atoms in total. The first-order valence-electron chi connectivity index (χ1n) is 5.56. The van der Waals surface area contributed by atoms with E-state index in [2.05, 4.69) is 10.1 Å². The Bertz CT molecular complexity index is 342. The van der Waals surface area contributed by atoms with Gasteiger partial charge < -0.3 is 15.0 Å². The van der Waals surface area contributed by atoms with E-state index in [0.29, 0.717) is 24.2 Å². The van der Waals surface area contributed by atoms with Crippen molar-refractivity contribution < 1.29 is 9.26 Å². The van der Waals surface area contributed by atoms with Gasteiger partial charge in [-0.2, -0.15) is 16.7 Å². The number of thioether (sulfide) groups is 2. The SMILES string of the molecule is COCC(N)Cc1nc(C2CSCCS2)no1. The number of nitrogens with zero attached hydrogens (tertiary/aromatic N) is 2. The molecule has 0 aromatic carbocycles. The summed E-state index contributed by atoms with van der Waals surface area (Å²) in [5.41, 5.74) is 5.84. The van der Waals surface area contributed by atoms with E-state index >= 15 is 0 Å². The van der Waals surface area contributed by atoms with Crippen LogP contribution >= 0.6 is 23.5 Å². The van der Waals surface area contributed by atoms with Gasteiger partial charge in [-0.3, -0.25) is 0 Å². The van der Waals surface area contributed by atoms with E-state index in [0.717, 1.165) is 17.3 Å². The lowest BCUT2D eigenvalue weighted by atomic mass is 10.2. The molecular weight excluding hydrogens is 258 g/mol. The van der Waals surface area contributed by atoms with Crippen molar-refractivity contribution in [2.75, 3.05) is 31.0 Å². The Balaban J connectivity index is 1.90. The quantitative estimate of drug-likeness (QED) is 0.862. The van der Waals surface area contributed by atoms with E-state index in [1.54, 1.807) is 7.11 Å². The van der Waals surface area contributed by atoms with Crippen LogP contribution in [0.4, 0.5) is 0 Å². The summed E-state index contributed by atoms with van der Waals surface area (Å²) in [5.74, 6) is 4.85. The fraction of sp³-hybridized carbons (Fsp3) is 0.800. The molecule has 96 valence electrons. The third-order valence-corrected chi connectivity index (χ3v) is 5.16. The summed E-state index contributed by atoms with van der Waals surface area (Å²) < 4.78 is 10.2. The molecule has 2 rings (SSSR count). The van der Waals surface area contributed by atoms with Crippen molar-refractivity contribution in [3.63, 3.8) is 0 Å². The molecule has 0 spiro atoms. The maximum atomic E-state index is 5.84. The first kappa shape index (κ1) is 13.2. The van der Waals surface area contributed by atoms with Crippen molar-refractivity contribution in [2.45, 2.75) is 17.7 Å². The minimum absolute atomic E-state index is 0.0818. The molecule has 0 bridgehead atoms. The second-order valence-corrected chi connectivity index (χ2v) is 6.36. The van der Waals surface area contributed by atoms with E-state index < -0.39 is 0 Å². The molecule has 2 atom stereocenters. The second kappa shape index (κ2) is 6.63. The van der Waals surface area contributed by atoms with E-state index in [1.807, 2.05) is 23.5 Å². The summed E-state index contributed by atoms with van der Waals surface area (Å²) in [6.07, 6.45) is 0.575. The highest BCUT2D eigenvalue weighted by atomic mass is 32.2. The molecule has 1 aliphatic heterocycles. The average molecular weight is 275 g/mol. The smallest absolute Gasteiger partial charge is 0.228 e. The topological polar surface area (TPSA) is 74.2 Å². The van der Waals surface area contributed by atoms with Gasteiger partial charge in [0.25, 0.3) is 0 Å². The zero-order chi connectivity index (χ0) is 12.1. The van der Waals surface area contributed by atoms with Crippen molar-refractivity contribution in [1.82, 2.24) is 10.1 Å². The fourth-order valence-corrected chi connectivity index (χ4v) is 4.20. The minimum atomic E-state index is -0.0818. The molecule has 0 aliphatic carbocycles. The molecule has 1 aromatic rings. The molecule has 1 aliphatic rings. The zero-order valence-electron chi connectivity index (χ0n) is 9.80. The average Bonchev–Trinajstić information content (AvgIpc) is 2.79. The lowest BCUT2D eigenvalue weighted by Crippen LogP contribution is -2.28. The van der Waals surface area contributed by atoms with Gasteiger partial charge in [-0.15, -0.1) is 11.8 Å². The van der Waals surface area contributed by atoms with Crippen LogP contribution in [-0.4, -0.2) is 47.2 Å². The van der Waals surface area contributed by atoms with Crippen molar-refractivity contribution in [3.8, 4) is 0 Å². The molecule has 17 heavy (non-hydrogen) atoms. The van der Waals surface area contributed by atoms with Crippen molar-refractivity contribution in [1.29, 1.82) is 0 Å². The Hall–Kier alpha value is -0.240. The number of methoxy groups -OCH3 is 1. The summed E-state index contributed by atoms with van der Waals surface area (Å²) in [6.45, 7) is 0.506. The standard InChI is InChI=1S/C10H17N3O2S2/c1-14-5-7(11)4-9-12-10(13-15-9)8-6-16-2-3-17-8/h7-8H,2-6,11H2,1H3. The Kier molecular flexibility index (Phi) is 5.15. The predicted molar refractivity (Wildman–Crippen MR) is 70.4 cm³/mol. The number of hydrogen-bond donors (Lipinski definition) is 1. The van der Waals surface area contributed by atoms with Gasteiger partial charge in [0, 0.05) is 36.8 Å². The largest absolute Gasteiger partial charge is 0.383 e. The highest BCUT2D eigenvalue weighted by Gasteiger charge is 2.22. The van der Waals surface area contributed by atoms with Gasteiger partial charge in [-0.25, -0.2) is 0 Å². The van der Waals surface area contributed by atoms with E-state index in [1.165, 1.54) is 5.75 Å². The van der Waals surface area contributed by atoms with Gasteiger partial charge in [-0.1, -0.05) is 5.16 Å². The number of nitrogens with two attached hydrogens (primary N) is 1. The molecule has 2 N–H and O–H groups in total. The second-order valence-electron chi connectivity index (χ2n) is 3.90. The fourth-order valence-electron chi connectivity index (χ4n) is 1.62. The van der Waals surface area contributed by atoms with Crippen LogP contribution in [-0.2, 0) is 11.2 Å². The van der Waals surface area contributed by atoms with E-state index in [4.69, 9.17) is 15.0 Å². The molecule has 2 unspecified atom stereocenters. The number of hydrogen-bond acceptors (Lipinski definition) is 7. The van der Waals surface area contributed by atoms with Crippen molar-refractivity contribution in [3.05, 3.63) is 11.7 Å². The van der Waals surface area contributed by atoms with Crippen LogP contribution in [0.15, 0.2) is 4.52 Å². The summed E-state index contributed by atoms with van der Waals surface area (Å²) in [5, 5.41) is 4.40.